The van der Waals surface area contributed by atoms with Gasteiger partial charge in [0, 0.05) is 18.5 Å². The fraction of sp³-hybridized carbons (Fsp3) is 0.933. The van der Waals surface area contributed by atoms with Crippen molar-refractivity contribution in [3.8, 4) is 0 Å². The first-order valence-corrected chi connectivity index (χ1v) is 7.31. The maximum absolute atomic E-state index is 12.0. The van der Waals surface area contributed by atoms with Crippen LogP contribution in [0.25, 0.3) is 0 Å². The molecule has 1 aliphatic rings. The lowest BCUT2D eigenvalue weighted by Gasteiger charge is -2.34. The molecule has 1 amide bonds. The number of carbonyl (C=O) groups excluding carboxylic acids is 1. The summed E-state index contributed by atoms with van der Waals surface area (Å²) in [7, 11) is 0. The highest BCUT2D eigenvalue weighted by Crippen LogP contribution is 2.29. The highest BCUT2D eigenvalue weighted by atomic mass is 16.1. The first-order chi connectivity index (χ1) is 8.25. The quantitative estimate of drug-likeness (QED) is 0.792. The summed E-state index contributed by atoms with van der Waals surface area (Å²) < 4.78 is 0. The molecular weight excluding hydrogens is 224 g/mol. The number of nitrogens with one attached hydrogen (secondary N) is 1. The molecule has 0 aromatic carbocycles. The van der Waals surface area contributed by atoms with E-state index in [9.17, 15) is 4.79 Å². The summed E-state index contributed by atoms with van der Waals surface area (Å²) in [6.45, 7) is 9.50. The Morgan fingerprint density at radius 1 is 1.28 bits per heavy atom. The molecule has 3 nitrogen and oxygen atoms in total. The molecule has 1 rings (SSSR count). The van der Waals surface area contributed by atoms with E-state index in [-0.39, 0.29) is 16.9 Å². The Kier molecular flexibility index (Phi) is 5.20. The third-order valence-corrected chi connectivity index (χ3v) is 4.67. The van der Waals surface area contributed by atoms with Gasteiger partial charge in [-0.05, 0) is 24.2 Å². The van der Waals surface area contributed by atoms with Crippen LogP contribution in [-0.2, 0) is 4.79 Å². The second-order valence-corrected chi connectivity index (χ2v) is 7.02. The van der Waals surface area contributed by atoms with Gasteiger partial charge in [0.25, 0.3) is 0 Å². The van der Waals surface area contributed by atoms with E-state index in [4.69, 9.17) is 5.73 Å². The topological polar surface area (TPSA) is 55.1 Å². The monoisotopic (exact) mass is 254 g/mol. The molecule has 0 spiro atoms. The van der Waals surface area contributed by atoms with Crippen LogP contribution >= 0.6 is 0 Å². The van der Waals surface area contributed by atoms with Crippen LogP contribution in [0.5, 0.6) is 0 Å². The molecule has 18 heavy (non-hydrogen) atoms. The van der Waals surface area contributed by atoms with E-state index >= 15 is 0 Å². The fourth-order valence-corrected chi connectivity index (χ4v) is 2.35. The zero-order valence-corrected chi connectivity index (χ0v) is 12.5. The lowest BCUT2D eigenvalue weighted by atomic mass is 9.79. The Morgan fingerprint density at radius 2 is 1.83 bits per heavy atom. The standard InChI is InChI=1S/C15H30N2O/c1-12(2)14(3,4)11-17-13(18)10-15(16)8-6-5-7-9-15/h12H,5-11,16H2,1-4H3,(H,17,18). The SMILES string of the molecule is CC(C)C(C)(C)CNC(=O)CC1(N)CCCCC1. The van der Waals surface area contributed by atoms with Crippen molar-refractivity contribution in [3.05, 3.63) is 0 Å². The van der Waals surface area contributed by atoms with Crippen LogP contribution in [-0.4, -0.2) is 18.0 Å². The predicted molar refractivity (Wildman–Crippen MR) is 76.2 cm³/mol. The second kappa shape index (κ2) is 6.05. The van der Waals surface area contributed by atoms with Gasteiger partial charge < -0.3 is 11.1 Å². The molecule has 3 heteroatoms. The van der Waals surface area contributed by atoms with Crippen molar-refractivity contribution in [1.82, 2.24) is 5.32 Å². The first-order valence-electron chi connectivity index (χ1n) is 7.31. The molecule has 1 fully saturated rings. The minimum absolute atomic E-state index is 0.119. The van der Waals surface area contributed by atoms with Gasteiger partial charge in [0.1, 0.15) is 0 Å². The Labute approximate surface area is 112 Å². The van der Waals surface area contributed by atoms with Gasteiger partial charge in [-0.1, -0.05) is 47.0 Å². The van der Waals surface area contributed by atoms with Crippen LogP contribution in [0.4, 0.5) is 0 Å². The smallest absolute Gasteiger partial charge is 0.221 e. The average molecular weight is 254 g/mol. The van der Waals surface area contributed by atoms with Crippen molar-refractivity contribution in [2.75, 3.05) is 6.54 Å². The van der Waals surface area contributed by atoms with Gasteiger partial charge in [0.2, 0.25) is 5.91 Å². The second-order valence-electron chi connectivity index (χ2n) is 7.02. The summed E-state index contributed by atoms with van der Waals surface area (Å²) in [5.41, 5.74) is 6.20. The average Bonchev–Trinajstić information content (AvgIpc) is 2.26. The third kappa shape index (κ3) is 4.60. The van der Waals surface area contributed by atoms with Gasteiger partial charge in [0.05, 0.1) is 0 Å². The molecule has 0 aromatic rings. The van der Waals surface area contributed by atoms with Gasteiger partial charge in [-0.25, -0.2) is 0 Å². The number of hydrogen-bond donors (Lipinski definition) is 2. The minimum atomic E-state index is -0.246. The van der Waals surface area contributed by atoms with E-state index in [0.717, 1.165) is 19.4 Å². The number of nitrogens with two attached hydrogens (primary N) is 1. The summed E-state index contributed by atoms with van der Waals surface area (Å²) in [6.07, 6.45) is 6.08. The molecule has 0 aromatic heterocycles. The summed E-state index contributed by atoms with van der Waals surface area (Å²) >= 11 is 0. The van der Waals surface area contributed by atoms with Crippen molar-refractivity contribution in [1.29, 1.82) is 0 Å². The highest BCUT2D eigenvalue weighted by molar-refractivity contribution is 5.77. The Balaban J connectivity index is 2.37. The lowest BCUT2D eigenvalue weighted by molar-refractivity contribution is -0.123. The van der Waals surface area contributed by atoms with Crippen LogP contribution < -0.4 is 11.1 Å². The van der Waals surface area contributed by atoms with Crippen LogP contribution in [0.2, 0.25) is 0 Å². The highest BCUT2D eigenvalue weighted by Gasteiger charge is 2.30. The van der Waals surface area contributed by atoms with Crippen molar-refractivity contribution >= 4 is 5.91 Å². The van der Waals surface area contributed by atoms with Gasteiger partial charge >= 0.3 is 0 Å². The summed E-state index contributed by atoms with van der Waals surface area (Å²) in [4.78, 5) is 12.0. The van der Waals surface area contributed by atoms with E-state index in [0.29, 0.717) is 12.3 Å². The maximum Gasteiger partial charge on any atom is 0.221 e. The molecule has 3 N–H and O–H groups in total. The normalized spacial score (nSPS) is 19.9. The summed E-state index contributed by atoms with van der Waals surface area (Å²) in [5, 5.41) is 3.06. The Bertz CT molecular complexity index is 278. The third-order valence-electron chi connectivity index (χ3n) is 4.67. The molecule has 0 saturated heterocycles. The van der Waals surface area contributed by atoms with Crippen molar-refractivity contribution in [3.63, 3.8) is 0 Å². The van der Waals surface area contributed by atoms with E-state index in [1.807, 2.05) is 0 Å². The fourth-order valence-electron chi connectivity index (χ4n) is 2.35. The number of amides is 1. The number of carbonyl (C=O) groups is 1. The zero-order valence-electron chi connectivity index (χ0n) is 12.5. The van der Waals surface area contributed by atoms with Crippen LogP contribution in [0.1, 0.15) is 66.2 Å². The maximum atomic E-state index is 12.0. The molecule has 0 unspecified atom stereocenters. The van der Waals surface area contributed by atoms with Crippen LogP contribution in [0.15, 0.2) is 0 Å². The largest absolute Gasteiger partial charge is 0.355 e. The van der Waals surface area contributed by atoms with Crippen LogP contribution in [0, 0.1) is 11.3 Å². The van der Waals surface area contributed by atoms with Crippen molar-refractivity contribution in [2.45, 2.75) is 71.8 Å². The van der Waals surface area contributed by atoms with E-state index in [1.54, 1.807) is 0 Å². The first kappa shape index (κ1) is 15.5. The zero-order chi connectivity index (χ0) is 13.8. The molecule has 0 radical (unpaired) electrons. The van der Waals surface area contributed by atoms with Crippen molar-refractivity contribution < 1.29 is 4.79 Å². The molecule has 0 atom stereocenters. The van der Waals surface area contributed by atoms with Gasteiger partial charge in [-0.2, -0.15) is 0 Å². The number of rotatable bonds is 5. The minimum Gasteiger partial charge on any atom is -0.355 e. The molecule has 0 heterocycles. The lowest BCUT2D eigenvalue weighted by Crippen LogP contribution is -2.47. The molecule has 1 aliphatic carbocycles. The molecule has 0 aliphatic heterocycles. The van der Waals surface area contributed by atoms with Gasteiger partial charge in [-0.3, -0.25) is 4.79 Å². The van der Waals surface area contributed by atoms with Crippen molar-refractivity contribution in [2.24, 2.45) is 17.1 Å². The van der Waals surface area contributed by atoms with Gasteiger partial charge in [0.15, 0.2) is 0 Å². The van der Waals surface area contributed by atoms with E-state index in [2.05, 4.69) is 33.0 Å². The van der Waals surface area contributed by atoms with E-state index < -0.39 is 0 Å². The molecule has 1 saturated carbocycles. The van der Waals surface area contributed by atoms with Gasteiger partial charge in [-0.15, -0.1) is 0 Å². The van der Waals surface area contributed by atoms with Crippen LogP contribution in [0.3, 0.4) is 0 Å². The molecule has 106 valence electrons. The molecular formula is C15H30N2O. The predicted octanol–water partition coefficient (Wildman–Crippen LogP) is 2.84. The molecule has 0 bridgehead atoms. The summed E-state index contributed by atoms with van der Waals surface area (Å²) in [6, 6.07) is 0. The Hall–Kier alpha value is -0.570. The Morgan fingerprint density at radius 3 is 2.33 bits per heavy atom. The summed E-state index contributed by atoms with van der Waals surface area (Å²) in [5.74, 6) is 0.674. The number of hydrogen-bond acceptors (Lipinski definition) is 2. The van der Waals surface area contributed by atoms with E-state index in [1.165, 1.54) is 19.3 Å².